The van der Waals surface area contributed by atoms with E-state index in [1.807, 2.05) is 18.2 Å². The summed E-state index contributed by atoms with van der Waals surface area (Å²) in [5, 5.41) is 0.623. The van der Waals surface area contributed by atoms with Crippen molar-refractivity contribution in [2.45, 2.75) is 0 Å². The summed E-state index contributed by atoms with van der Waals surface area (Å²) < 4.78 is 11.1. The molecule has 0 saturated heterocycles. The molecular formula is C20H22ClNO3S. The Balaban J connectivity index is 1.68. The average molecular weight is 392 g/mol. The normalized spacial score (nSPS) is 14.1. The molecule has 0 unspecified atom stereocenters. The van der Waals surface area contributed by atoms with Gasteiger partial charge >= 0.3 is 5.97 Å². The monoisotopic (exact) mass is 391 g/mol. The van der Waals surface area contributed by atoms with Gasteiger partial charge in [0.25, 0.3) is 0 Å². The summed E-state index contributed by atoms with van der Waals surface area (Å²) in [6.07, 6.45) is 6.61. The molecule has 3 rings (SSSR count). The molecule has 1 aliphatic heterocycles. The van der Waals surface area contributed by atoms with Crippen molar-refractivity contribution in [2.24, 2.45) is 4.99 Å². The molecule has 26 heavy (non-hydrogen) atoms. The second-order valence-electron chi connectivity index (χ2n) is 6.97. The zero-order valence-corrected chi connectivity index (χ0v) is 16.7. The van der Waals surface area contributed by atoms with E-state index in [2.05, 4.69) is 23.8 Å². The number of nitrogens with zero attached hydrogens (tertiary/aromatic N) is 1. The Kier molecular flexibility index (Phi) is 5.58. The summed E-state index contributed by atoms with van der Waals surface area (Å²) in [5.41, 5.74) is 3.03. The first-order valence-electron chi connectivity index (χ1n) is 8.25. The van der Waals surface area contributed by atoms with E-state index < -0.39 is 10.0 Å². The second-order valence-corrected chi connectivity index (χ2v) is 12.0. The molecule has 4 nitrogen and oxygen atoms in total. The highest BCUT2D eigenvalue weighted by atomic mass is 35.5. The standard InChI is InChI=1S/C20H22ClNO3S/c1-26(2,3)11-10-24-20(23)15-6-4-14(5-7-15)18-13-25-19-12-16(21)8-9-17(19)22-18/h4-9,12H,10-11,13H2,1-3H3. The number of benzene rings is 2. The Hall–Kier alpha value is -1.98. The summed E-state index contributed by atoms with van der Waals surface area (Å²) >= 11 is 5.97. The van der Waals surface area contributed by atoms with E-state index in [-0.39, 0.29) is 5.97 Å². The first-order valence-corrected chi connectivity index (χ1v) is 11.7. The van der Waals surface area contributed by atoms with Crippen molar-refractivity contribution < 1.29 is 14.3 Å². The number of rotatable bonds is 5. The number of carbonyl (C=O) groups is 1. The van der Waals surface area contributed by atoms with Gasteiger partial charge in [0.2, 0.25) is 0 Å². The third kappa shape index (κ3) is 4.80. The van der Waals surface area contributed by atoms with Gasteiger partial charge < -0.3 is 9.47 Å². The number of esters is 1. The topological polar surface area (TPSA) is 47.9 Å². The summed E-state index contributed by atoms with van der Waals surface area (Å²) in [6, 6.07) is 12.6. The first-order chi connectivity index (χ1) is 12.3. The average Bonchev–Trinajstić information content (AvgIpc) is 2.60. The van der Waals surface area contributed by atoms with Crippen molar-refractivity contribution in [3.8, 4) is 5.75 Å². The number of carbonyl (C=O) groups excluding carboxylic acids is 1. The van der Waals surface area contributed by atoms with Crippen LogP contribution in [0.1, 0.15) is 15.9 Å². The van der Waals surface area contributed by atoms with E-state index >= 15 is 0 Å². The molecule has 2 aromatic carbocycles. The Morgan fingerprint density at radius 2 is 1.92 bits per heavy atom. The molecule has 0 aromatic heterocycles. The van der Waals surface area contributed by atoms with Crippen molar-refractivity contribution in [1.29, 1.82) is 0 Å². The SMILES string of the molecule is CS(C)(C)CCOC(=O)c1ccc(C2=Nc3ccc(Cl)cc3OC2)cc1. The van der Waals surface area contributed by atoms with Crippen molar-refractivity contribution in [1.82, 2.24) is 0 Å². The summed E-state index contributed by atoms with van der Waals surface area (Å²) in [5.74, 6) is 1.30. The van der Waals surface area contributed by atoms with Crippen LogP contribution in [0.5, 0.6) is 5.75 Å². The van der Waals surface area contributed by atoms with E-state index in [4.69, 9.17) is 21.1 Å². The molecule has 1 aliphatic rings. The molecule has 0 aliphatic carbocycles. The number of ether oxygens (including phenoxy) is 2. The quantitative estimate of drug-likeness (QED) is 0.694. The van der Waals surface area contributed by atoms with Crippen LogP contribution < -0.4 is 4.74 Å². The molecule has 0 spiro atoms. The van der Waals surface area contributed by atoms with Crippen LogP contribution >= 0.6 is 21.6 Å². The Bertz CT molecular complexity index is 841. The third-order valence-electron chi connectivity index (χ3n) is 3.92. The molecule has 138 valence electrons. The lowest BCUT2D eigenvalue weighted by atomic mass is 10.1. The predicted octanol–water partition coefficient (Wildman–Crippen LogP) is 4.70. The van der Waals surface area contributed by atoms with Gasteiger partial charge in [0, 0.05) is 16.8 Å². The van der Waals surface area contributed by atoms with Gasteiger partial charge in [0.1, 0.15) is 18.0 Å². The maximum Gasteiger partial charge on any atom is 0.338 e. The Morgan fingerprint density at radius 3 is 2.62 bits per heavy atom. The molecule has 0 amide bonds. The molecule has 1 heterocycles. The number of aliphatic imine (C=N–C) groups is 1. The van der Waals surface area contributed by atoms with E-state index in [1.165, 1.54) is 0 Å². The van der Waals surface area contributed by atoms with Crippen LogP contribution in [0.2, 0.25) is 5.02 Å². The molecule has 0 N–H and O–H groups in total. The number of hydrogen-bond acceptors (Lipinski definition) is 4. The molecule has 0 radical (unpaired) electrons. The van der Waals surface area contributed by atoms with Gasteiger partial charge in [-0.1, -0.05) is 23.7 Å². The van der Waals surface area contributed by atoms with E-state index in [9.17, 15) is 4.79 Å². The fraction of sp³-hybridized carbons (Fsp3) is 0.300. The summed E-state index contributed by atoms with van der Waals surface area (Å²) in [4.78, 5) is 16.8. The molecule has 0 atom stereocenters. The van der Waals surface area contributed by atoms with Crippen LogP contribution in [0, 0.1) is 0 Å². The van der Waals surface area contributed by atoms with Gasteiger partial charge in [-0.05, 0) is 48.6 Å². The lowest BCUT2D eigenvalue weighted by Gasteiger charge is -2.24. The van der Waals surface area contributed by atoms with Crippen molar-refractivity contribution >= 4 is 39.0 Å². The van der Waals surface area contributed by atoms with E-state index in [0.717, 1.165) is 22.7 Å². The number of fused-ring (bicyclic) bond motifs is 1. The van der Waals surface area contributed by atoms with E-state index in [0.29, 0.717) is 29.5 Å². The minimum atomic E-state index is -0.665. The highest BCUT2D eigenvalue weighted by Gasteiger charge is 2.16. The van der Waals surface area contributed by atoms with Gasteiger partial charge in [-0.2, -0.15) is 0 Å². The molecule has 0 saturated carbocycles. The number of halogens is 1. The van der Waals surface area contributed by atoms with Gasteiger partial charge in [-0.15, -0.1) is 0 Å². The zero-order valence-electron chi connectivity index (χ0n) is 15.1. The third-order valence-corrected chi connectivity index (χ3v) is 5.55. The van der Waals surface area contributed by atoms with Crippen LogP contribution in [0.25, 0.3) is 0 Å². The maximum atomic E-state index is 12.1. The van der Waals surface area contributed by atoms with Gasteiger partial charge in [-0.25, -0.2) is 19.8 Å². The fourth-order valence-electron chi connectivity index (χ4n) is 2.43. The van der Waals surface area contributed by atoms with Gasteiger partial charge in [0.15, 0.2) is 0 Å². The second kappa shape index (κ2) is 7.72. The van der Waals surface area contributed by atoms with Crippen LogP contribution in [0.3, 0.4) is 0 Å². The van der Waals surface area contributed by atoms with Crippen molar-refractivity contribution in [2.75, 3.05) is 37.7 Å². The minimum absolute atomic E-state index is 0.290. The predicted molar refractivity (Wildman–Crippen MR) is 110 cm³/mol. The molecule has 6 heteroatoms. The minimum Gasteiger partial charge on any atom is -0.485 e. The molecule has 0 fully saturated rings. The highest BCUT2D eigenvalue weighted by Crippen LogP contribution is 2.34. The number of hydrogen-bond donors (Lipinski definition) is 0. The van der Waals surface area contributed by atoms with Gasteiger partial charge in [-0.3, -0.25) is 0 Å². The van der Waals surface area contributed by atoms with Crippen LogP contribution in [-0.4, -0.2) is 49.4 Å². The van der Waals surface area contributed by atoms with E-state index in [1.54, 1.807) is 24.3 Å². The Labute approximate surface area is 160 Å². The van der Waals surface area contributed by atoms with Crippen molar-refractivity contribution in [3.05, 3.63) is 58.6 Å². The van der Waals surface area contributed by atoms with Gasteiger partial charge in [0.05, 0.1) is 17.9 Å². The maximum absolute atomic E-state index is 12.1. The largest absolute Gasteiger partial charge is 0.485 e. The first kappa shape index (κ1) is 18.8. The lowest BCUT2D eigenvalue weighted by molar-refractivity contribution is 0.0530. The van der Waals surface area contributed by atoms with Crippen LogP contribution in [-0.2, 0) is 4.74 Å². The van der Waals surface area contributed by atoms with Crippen LogP contribution in [0.15, 0.2) is 47.5 Å². The summed E-state index contributed by atoms with van der Waals surface area (Å²) in [6.45, 7) is 0.824. The zero-order chi connectivity index (χ0) is 18.7. The van der Waals surface area contributed by atoms with Crippen LogP contribution in [0.4, 0.5) is 5.69 Å². The molecule has 0 bridgehead atoms. The molecular weight excluding hydrogens is 370 g/mol. The molecule has 2 aromatic rings. The smallest absolute Gasteiger partial charge is 0.338 e. The summed E-state index contributed by atoms with van der Waals surface area (Å²) in [7, 11) is -0.665. The Morgan fingerprint density at radius 1 is 1.19 bits per heavy atom. The highest BCUT2D eigenvalue weighted by molar-refractivity contribution is 8.32. The lowest BCUT2D eigenvalue weighted by Crippen LogP contribution is -2.16. The fourth-order valence-corrected chi connectivity index (χ4v) is 3.18. The van der Waals surface area contributed by atoms with Crippen molar-refractivity contribution in [3.63, 3.8) is 0 Å².